The van der Waals surface area contributed by atoms with Gasteiger partial charge in [0.1, 0.15) is 0 Å². The maximum atomic E-state index is 3.64. The Bertz CT molecular complexity index is 444. The first-order chi connectivity index (χ1) is 9.84. The van der Waals surface area contributed by atoms with E-state index in [9.17, 15) is 0 Å². The normalized spacial score (nSPS) is 27.0. The highest BCUT2D eigenvalue weighted by Crippen LogP contribution is 2.30. The van der Waals surface area contributed by atoms with Crippen molar-refractivity contribution in [1.82, 2.24) is 5.32 Å². The molecule has 0 saturated carbocycles. The molecule has 1 N–H and O–H groups in total. The van der Waals surface area contributed by atoms with Crippen LogP contribution < -0.4 is 10.2 Å². The van der Waals surface area contributed by atoms with Gasteiger partial charge in [-0.3, -0.25) is 0 Å². The lowest BCUT2D eigenvalue weighted by atomic mass is 9.85. The van der Waals surface area contributed by atoms with Gasteiger partial charge >= 0.3 is 0 Å². The molecule has 21 heavy (non-hydrogen) atoms. The lowest BCUT2D eigenvalue weighted by Crippen LogP contribution is -2.53. The summed E-state index contributed by atoms with van der Waals surface area (Å²) in [5.41, 5.74) is 3.02. The van der Waals surface area contributed by atoms with Crippen LogP contribution >= 0.6 is 0 Å². The molecule has 1 aliphatic rings. The van der Waals surface area contributed by atoms with Crippen molar-refractivity contribution < 1.29 is 0 Å². The number of piperidine rings is 1. The van der Waals surface area contributed by atoms with Crippen LogP contribution in [0.4, 0.5) is 5.69 Å². The zero-order chi connectivity index (χ0) is 15.6. The molecule has 0 amide bonds. The predicted molar refractivity (Wildman–Crippen MR) is 93.2 cm³/mol. The molecule has 2 heteroatoms. The van der Waals surface area contributed by atoms with Gasteiger partial charge in [-0.25, -0.2) is 0 Å². The van der Waals surface area contributed by atoms with Crippen LogP contribution in [0, 0.1) is 5.92 Å². The van der Waals surface area contributed by atoms with Gasteiger partial charge in [0.25, 0.3) is 0 Å². The Labute approximate surface area is 130 Å². The number of hydrogen-bond acceptors (Lipinski definition) is 2. The Hall–Kier alpha value is -1.02. The number of benzene rings is 1. The molecule has 3 atom stereocenters. The summed E-state index contributed by atoms with van der Waals surface area (Å²) >= 11 is 0. The Morgan fingerprint density at radius 1 is 1.14 bits per heavy atom. The van der Waals surface area contributed by atoms with E-state index >= 15 is 0 Å². The first-order valence-electron chi connectivity index (χ1n) is 8.45. The van der Waals surface area contributed by atoms with E-state index in [0.29, 0.717) is 18.0 Å². The minimum Gasteiger partial charge on any atom is -0.368 e. The van der Waals surface area contributed by atoms with Crippen molar-refractivity contribution in [3.8, 4) is 0 Å². The van der Waals surface area contributed by atoms with Crippen molar-refractivity contribution in [3.63, 3.8) is 0 Å². The predicted octanol–water partition coefficient (Wildman–Crippen LogP) is 4.20. The van der Waals surface area contributed by atoms with Gasteiger partial charge in [-0.05, 0) is 48.9 Å². The zero-order valence-electron chi connectivity index (χ0n) is 14.6. The van der Waals surface area contributed by atoms with Gasteiger partial charge in [0.05, 0.1) is 0 Å². The van der Waals surface area contributed by atoms with Crippen LogP contribution in [-0.4, -0.2) is 25.2 Å². The molecule has 0 radical (unpaired) electrons. The van der Waals surface area contributed by atoms with Crippen LogP contribution in [0.1, 0.15) is 53.5 Å². The maximum absolute atomic E-state index is 3.64. The second-order valence-corrected chi connectivity index (χ2v) is 7.54. The summed E-state index contributed by atoms with van der Waals surface area (Å²) in [4.78, 5) is 2.57. The molecule has 0 spiro atoms. The molecular formula is C19H32N2. The molecule has 0 aromatic heterocycles. The first kappa shape index (κ1) is 16.4. The molecule has 1 aliphatic heterocycles. The summed E-state index contributed by atoms with van der Waals surface area (Å²) in [6.45, 7) is 16.0. The summed E-state index contributed by atoms with van der Waals surface area (Å²) in [5.74, 6) is 0.681. The lowest BCUT2D eigenvalue weighted by molar-refractivity contribution is 0.274. The van der Waals surface area contributed by atoms with E-state index in [2.05, 4.69) is 76.0 Å². The molecule has 0 bridgehead atoms. The molecule has 2 nitrogen and oxygen atoms in total. The Morgan fingerprint density at radius 3 is 2.29 bits per heavy atom. The smallest absolute Gasteiger partial charge is 0.0368 e. The third-order valence-corrected chi connectivity index (χ3v) is 5.10. The van der Waals surface area contributed by atoms with E-state index < -0.39 is 0 Å². The quantitative estimate of drug-likeness (QED) is 0.897. The van der Waals surface area contributed by atoms with Crippen LogP contribution in [0.2, 0.25) is 0 Å². The first-order valence-corrected chi connectivity index (χ1v) is 8.45. The number of nitrogens with zero attached hydrogens (tertiary/aromatic N) is 1. The average Bonchev–Trinajstić information content (AvgIpc) is 2.44. The lowest BCUT2D eigenvalue weighted by Gasteiger charge is -2.44. The summed E-state index contributed by atoms with van der Waals surface area (Å²) in [6.07, 6.45) is 1.24. The monoisotopic (exact) mass is 288 g/mol. The molecule has 118 valence electrons. The second kappa shape index (κ2) is 6.39. The van der Waals surface area contributed by atoms with Gasteiger partial charge in [0.15, 0.2) is 0 Å². The van der Waals surface area contributed by atoms with E-state index in [1.54, 1.807) is 0 Å². The van der Waals surface area contributed by atoms with E-state index in [-0.39, 0.29) is 5.41 Å². The minimum atomic E-state index is 0.232. The van der Waals surface area contributed by atoms with Crippen LogP contribution in [0.15, 0.2) is 24.3 Å². The van der Waals surface area contributed by atoms with Gasteiger partial charge < -0.3 is 10.2 Å². The molecule has 1 aromatic carbocycles. The second-order valence-electron chi connectivity index (χ2n) is 7.54. The van der Waals surface area contributed by atoms with Crippen LogP contribution in [0.5, 0.6) is 0 Å². The van der Waals surface area contributed by atoms with Gasteiger partial charge in [0, 0.05) is 24.3 Å². The number of nitrogens with one attached hydrogen (secondary N) is 1. The largest absolute Gasteiger partial charge is 0.368 e. The standard InChI is InChI=1S/C19H32N2/c1-7-20-18-12-13-21(15(3)14(18)2)17-10-8-16(9-11-17)19(4,5)6/h8-11,14-15,18,20H,7,12-13H2,1-6H3. The Morgan fingerprint density at radius 2 is 1.76 bits per heavy atom. The van der Waals surface area contributed by atoms with Crippen molar-refractivity contribution in [1.29, 1.82) is 0 Å². The van der Waals surface area contributed by atoms with Crippen molar-refractivity contribution in [2.24, 2.45) is 5.92 Å². The molecule has 2 rings (SSSR count). The number of hydrogen-bond donors (Lipinski definition) is 1. The van der Waals surface area contributed by atoms with Crippen molar-refractivity contribution in [3.05, 3.63) is 29.8 Å². The van der Waals surface area contributed by atoms with Gasteiger partial charge in [-0.15, -0.1) is 0 Å². The van der Waals surface area contributed by atoms with E-state index in [4.69, 9.17) is 0 Å². The van der Waals surface area contributed by atoms with Crippen LogP contribution in [0.25, 0.3) is 0 Å². The van der Waals surface area contributed by atoms with E-state index in [1.807, 2.05) is 0 Å². The Kier molecular flexibility index (Phi) is 4.98. The highest BCUT2D eigenvalue weighted by molar-refractivity contribution is 5.50. The molecule has 1 saturated heterocycles. The maximum Gasteiger partial charge on any atom is 0.0368 e. The fourth-order valence-corrected chi connectivity index (χ4v) is 3.43. The fraction of sp³-hybridized carbons (Fsp3) is 0.684. The molecule has 1 heterocycles. The average molecular weight is 288 g/mol. The van der Waals surface area contributed by atoms with Gasteiger partial charge in [0.2, 0.25) is 0 Å². The van der Waals surface area contributed by atoms with Crippen LogP contribution in [0.3, 0.4) is 0 Å². The SMILES string of the molecule is CCNC1CCN(c2ccc(C(C)(C)C)cc2)C(C)C1C. The summed E-state index contributed by atoms with van der Waals surface area (Å²) in [7, 11) is 0. The zero-order valence-corrected chi connectivity index (χ0v) is 14.6. The molecular weight excluding hydrogens is 256 g/mol. The molecule has 1 fully saturated rings. The van der Waals surface area contributed by atoms with Crippen molar-refractivity contribution in [2.75, 3.05) is 18.0 Å². The molecule has 0 aliphatic carbocycles. The van der Waals surface area contributed by atoms with Crippen molar-refractivity contribution in [2.45, 2.75) is 65.5 Å². The third kappa shape index (κ3) is 3.60. The summed E-state index contributed by atoms with van der Waals surface area (Å²) in [6, 6.07) is 10.4. The summed E-state index contributed by atoms with van der Waals surface area (Å²) in [5, 5.41) is 3.64. The molecule has 1 aromatic rings. The van der Waals surface area contributed by atoms with E-state index in [0.717, 1.165) is 13.1 Å². The van der Waals surface area contributed by atoms with Gasteiger partial charge in [-0.2, -0.15) is 0 Å². The van der Waals surface area contributed by atoms with Crippen molar-refractivity contribution >= 4 is 5.69 Å². The highest BCUT2D eigenvalue weighted by atomic mass is 15.2. The summed E-state index contributed by atoms with van der Waals surface area (Å²) < 4.78 is 0. The third-order valence-electron chi connectivity index (χ3n) is 5.10. The minimum absolute atomic E-state index is 0.232. The number of rotatable bonds is 3. The topological polar surface area (TPSA) is 15.3 Å². The highest BCUT2D eigenvalue weighted by Gasteiger charge is 2.32. The number of anilines is 1. The Balaban J connectivity index is 2.12. The van der Waals surface area contributed by atoms with Crippen LogP contribution in [-0.2, 0) is 5.41 Å². The van der Waals surface area contributed by atoms with E-state index in [1.165, 1.54) is 17.7 Å². The fourth-order valence-electron chi connectivity index (χ4n) is 3.43. The van der Waals surface area contributed by atoms with Gasteiger partial charge in [-0.1, -0.05) is 46.8 Å². The molecule has 3 unspecified atom stereocenters.